The van der Waals surface area contributed by atoms with E-state index in [1.54, 1.807) is 6.07 Å². The third-order valence-electron chi connectivity index (χ3n) is 2.85. The zero-order valence-electron chi connectivity index (χ0n) is 13.8. The van der Waals surface area contributed by atoms with Crippen LogP contribution in [0, 0.1) is 0 Å². The lowest BCUT2D eigenvalue weighted by Crippen LogP contribution is -2.37. The minimum atomic E-state index is -4.76. The molecule has 0 aliphatic rings. The first-order valence-electron chi connectivity index (χ1n) is 7.06. The van der Waals surface area contributed by atoms with Gasteiger partial charge in [-0.05, 0) is 12.5 Å². The molecule has 0 radical (unpaired) electrons. The molecule has 25 heavy (non-hydrogen) atoms. The van der Waals surface area contributed by atoms with E-state index in [9.17, 15) is 21.6 Å². The summed E-state index contributed by atoms with van der Waals surface area (Å²) in [6, 6.07) is 5.78. The van der Waals surface area contributed by atoms with Crippen LogP contribution in [0.3, 0.4) is 0 Å². The van der Waals surface area contributed by atoms with Crippen molar-refractivity contribution in [2.75, 3.05) is 25.6 Å². The number of rotatable bonds is 7. The highest BCUT2D eigenvalue weighted by molar-refractivity contribution is 14.0. The number of nitrogens with one attached hydrogen (secondary N) is 2. The van der Waals surface area contributed by atoms with Gasteiger partial charge in [-0.2, -0.15) is 0 Å². The summed E-state index contributed by atoms with van der Waals surface area (Å²) in [6.45, 7) is 0.436. The van der Waals surface area contributed by atoms with Crippen molar-refractivity contribution in [2.24, 2.45) is 4.99 Å². The Labute approximate surface area is 162 Å². The Balaban J connectivity index is 0.00000576. The van der Waals surface area contributed by atoms with Crippen LogP contribution in [0.25, 0.3) is 0 Å². The summed E-state index contributed by atoms with van der Waals surface area (Å²) in [5, 5.41) is 5.74. The highest BCUT2D eigenvalue weighted by Gasteiger charge is 2.31. The number of hydrogen-bond donors (Lipinski definition) is 2. The first-order chi connectivity index (χ1) is 11.1. The Hall–Kier alpha value is -1.24. The van der Waals surface area contributed by atoms with Crippen LogP contribution in [0.15, 0.2) is 29.3 Å². The van der Waals surface area contributed by atoms with E-state index >= 15 is 0 Å². The molecular formula is C14H21F3IN3O3S. The van der Waals surface area contributed by atoms with E-state index in [0.717, 1.165) is 6.26 Å². The van der Waals surface area contributed by atoms with Gasteiger partial charge in [0.05, 0.1) is 5.75 Å². The highest BCUT2D eigenvalue weighted by Crippen LogP contribution is 2.25. The van der Waals surface area contributed by atoms with Crippen LogP contribution < -0.4 is 15.4 Å². The smallest absolute Gasteiger partial charge is 0.405 e. The van der Waals surface area contributed by atoms with Crippen molar-refractivity contribution in [1.82, 2.24) is 10.6 Å². The molecule has 2 N–H and O–H groups in total. The molecular weight excluding hydrogens is 474 g/mol. The third-order valence-corrected chi connectivity index (χ3v) is 3.88. The molecule has 0 atom stereocenters. The zero-order chi connectivity index (χ0) is 18.2. The molecule has 0 fully saturated rings. The number of benzene rings is 1. The second kappa shape index (κ2) is 10.7. The molecule has 6 nitrogen and oxygen atoms in total. The second-order valence-electron chi connectivity index (χ2n) is 4.99. The van der Waals surface area contributed by atoms with Crippen molar-refractivity contribution in [1.29, 1.82) is 0 Å². The van der Waals surface area contributed by atoms with E-state index in [1.165, 1.54) is 25.2 Å². The van der Waals surface area contributed by atoms with Crippen LogP contribution in [0.2, 0.25) is 0 Å². The van der Waals surface area contributed by atoms with E-state index in [0.29, 0.717) is 24.5 Å². The molecule has 11 heteroatoms. The van der Waals surface area contributed by atoms with Crippen LogP contribution in [0.5, 0.6) is 5.75 Å². The molecule has 1 rings (SSSR count). The monoisotopic (exact) mass is 495 g/mol. The fraction of sp³-hybridized carbons (Fsp3) is 0.500. The van der Waals surface area contributed by atoms with Gasteiger partial charge in [0.1, 0.15) is 15.6 Å². The number of alkyl halides is 3. The van der Waals surface area contributed by atoms with Gasteiger partial charge < -0.3 is 15.4 Å². The molecule has 0 aliphatic carbocycles. The zero-order valence-corrected chi connectivity index (χ0v) is 16.9. The van der Waals surface area contributed by atoms with Gasteiger partial charge in [0.15, 0.2) is 5.96 Å². The SMILES string of the molecule is CN=C(NCCCS(C)(=O)=O)NCc1ccccc1OC(F)(F)F.I. The molecule has 0 heterocycles. The molecule has 144 valence electrons. The maximum absolute atomic E-state index is 12.4. The molecule has 0 aromatic heterocycles. The van der Waals surface area contributed by atoms with Crippen molar-refractivity contribution in [3.8, 4) is 5.75 Å². The first-order valence-corrected chi connectivity index (χ1v) is 9.12. The molecule has 0 aliphatic heterocycles. The number of sulfone groups is 1. The van der Waals surface area contributed by atoms with Gasteiger partial charge in [0.25, 0.3) is 0 Å². The summed E-state index contributed by atoms with van der Waals surface area (Å²) in [5.41, 5.74) is 0.314. The van der Waals surface area contributed by atoms with Crippen molar-refractivity contribution in [3.63, 3.8) is 0 Å². The number of nitrogens with zero attached hydrogens (tertiary/aromatic N) is 1. The summed E-state index contributed by atoms with van der Waals surface area (Å²) in [7, 11) is -1.53. The Morgan fingerprint density at radius 1 is 1.24 bits per heavy atom. The average Bonchev–Trinajstić information content (AvgIpc) is 2.45. The van der Waals surface area contributed by atoms with Crippen LogP contribution >= 0.6 is 24.0 Å². The van der Waals surface area contributed by atoms with Gasteiger partial charge in [0, 0.05) is 32.0 Å². The summed E-state index contributed by atoms with van der Waals surface area (Å²) < 4.78 is 63.1. The number of hydrogen-bond acceptors (Lipinski definition) is 4. The molecule has 0 amide bonds. The second-order valence-corrected chi connectivity index (χ2v) is 7.25. The van der Waals surface area contributed by atoms with Gasteiger partial charge in [-0.15, -0.1) is 37.1 Å². The van der Waals surface area contributed by atoms with Crippen molar-refractivity contribution < 1.29 is 26.3 Å². The van der Waals surface area contributed by atoms with Crippen LogP contribution in [0.1, 0.15) is 12.0 Å². The maximum Gasteiger partial charge on any atom is 0.573 e. The number of para-hydroxylation sites is 1. The molecule has 0 spiro atoms. The molecule has 0 bridgehead atoms. The van der Waals surface area contributed by atoms with Crippen LogP contribution in [0.4, 0.5) is 13.2 Å². The van der Waals surface area contributed by atoms with Crippen LogP contribution in [-0.4, -0.2) is 46.3 Å². The molecule has 0 saturated carbocycles. The van der Waals surface area contributed by atoms with E-state index < -0.39 is 16.2 Å². The summed E-state index contributed by atoms with van der Waals surface area (Å²) in [6.07, 6.45) is -3.22. The lowest BCUT2D eigenvalue weighted by molar-refractivity contribution is -0.274. The summed E-state index contributed by atoms with van der Waals surface area (Å²) >= 11 is 0. The predicted molar refractivity (Wildman–Crippen MR) is 101 cm³/mol. The van der Waals surface area contributed by atoms with E-state index in [2.05, 4.69) is 20.4 Å². The summed E-state index contributed by atoms with van der Waals surface area (Å²) in [4.78, 5) is 3.92. The van der Waals surface area contributed by atoms with Gasteiger partial charge in [-0.1, -0.05) is 18.2 Å². The van der Waals surface area contributed by atoms with Crippen molar-refractivity contribution in [2.45, 2.75) is 19.3 Å². The van der Waals surface area contributed by atoms with E-state index in [1.807, 2.05) is 0 Å². The molecule has 0 unspecified atom stereocenters. The normalized spacial score (nSPS) is 12.3. The fourth-order valence-electron chi connectivity index (χ4n) is 1.81. The Morgan fingerprint density at radius 2 is 1.88 bits per heavy atom. The topological polar surface area (TPSA) is 79.8 Å². The van der Waals surface area contributed by atoms with Crippen molar-refractivity contribution in [3.05, 3.63) is 29.8 Å². The standard InChI is InChI=1S/C14H20F3N3O3S.HI/c1-18-13(19-8-5-9-24(2,21)22)20-10-11-6-3-4-7-12(11)23-14(15,16)17;/h3-4,6-7H,5,8-10H2,1-2H3,(H2,18,19,20);1H. The lowest BCUT2D eigenvalue weighted by Gasteiger charge is -2.15. The Kier molecular flexibility index (Phi) is 10.2. The first kappa shape index (κ1) is 23.8. The quantitative estimate of drug-likeness (QED) is 0.263. The van der Waals surface area contributed by atoms with E-state index in [-0.39, 0.29) is 42.0 Å². The Bertz CT molecular complexity index is 667. The largest absolute Gasteiger partial charge is 0.573 e. The minimum absolute atomic E-state index is 0. The van der Waals surface area contributed by atoms with Gasteiger partial charge >= 0.3 is 6.36 Å². The average molecular weight is 495 g/mol. The summed E-state index contributed by atoms with van der Waals surface area (Å²) in [5.74, 6) is 0.106. The van der Waals surface area contributed by atoms with Gasteiger partial charge in [-0.25, -0.2) is 8.42 Å². The van der Waals surface area contributed by atoms with Gasteiger partial charge in [0.2, 0.25) is 0 Å². The number of guanidine groups is 1. The number of ether oxygens (including phenoxy) is 1. The number of halogens is 4. The molecule has 1 aromatic carbocycles. The fourth-order valence-corrected chi connectivity index (χ4v) is 2.48. The van der Waals surface area contributed by atoms with Crippen LogP contribution in [-0.2, 0) is 16.4 Å². The molecule has 1 aromatic rings. The predicted octanol–water partition coefficient (Wildman–Crippen LogP) is 2.30. The van der Waals surface area contributed by atoms with E-state index in [4.69, 9.17) is 0 Å². The molecule has 0 saturated heterocycles. The lowest BCUT2D eigenvalue weighted by atomic mass is 10.2. The van der Waals surface area contributed by atoms with Gasteiger partial charge in [-0.3, -0.25) is 4.99 Å². The highest BCUT2D eigenvalue weighted by atomic mass is 127. The minimum Gasteiger partial charge on any atom is -0.405 e. The third kappa shape index (κ3) is 11.1. The Morgan fingerprint density at radius 3 is 2.44 bits per heavy atom. The number of aliphatic imine (C=N–C) groups is 1. The van der Waals surface area contributed by atoms with Crippen molar-refractivity contribution >= 4 is 39.8 Å². The maximum atomic E-state index is 12.4.